The van der Waals surface area contributed by atoms with Gasteiger partial charge in [0.2, 0.25) is 0 Å². The lowest BCUT2D eigenvalue weighted by atomic mass is 10.0. The van der Waals surface area contributed by atoms with Crippen LogP contribution in [-0.4, -0.2) is 9.97 Å². The number of H-pyrrole nitrogens is 1. The van der Waals surface area contributed by atoms with E-state index in [1.165, 1.54) is 28.8 Å². The first-order valence-electron chi connectivity index (χ1n) is 6.22. The molecule has 0 aliphatic heterocycles. The fourth-order valence-electron chi connectivity index (χ4n) is 2.19. The molecular formula is C15H20N2. The van der Waals surface area contributed by atoms with Gasteiger partial charge < -0.3 is 4.98 Å². The maximum atomic E-state index is 4.22. The van der Waals surface area contributed by atoms with Crippen molar-refractivity contribution < 1.29 is 0 Å². The molecule has 90 valence electrons. The third-order valence-corrected chi connectivity index (χ3v) is 3.15. The highest BCUT2D eigenvalue weighted by atomic mass is 14.9. The largest absolute Gasteiger partial charge is 0.346 e. The Labute approximate surface area is 103 Å². The SMILES string of the molecule is Cc1ccc(CCCc2cnc(C)[nH]2)c(C)c1. The van der Waals surface area contributed by atoms with Crippen LogP contribution in [0, 0.1) is 20.8 Å². The van der Waals surface area contributed by atoms with Crippen LogP contribution in [0.4, 0.5) is 0 Å². The van der Waals surface area contributed by atoms with Gasteiger partial charge in [-0.15, -0.1) is 0 Å². The fraction of sp³-hybridized carbons (Fsp3) is 0.400. The second kappa shape index (κ2) is 5.17. The zero-order valence-corrected chi connectivity index (χ0v) is 10.9. The molecule has 0 aliphatic rings. The second-order valence-corrected chi connectivity index (χ2v) is 4.78. The van der Waals surface area contributed by atoms with Crippen LogP contribution in [0.15, 0.2) is 24.4 Å². The Morgan fingerprint density at radius 3 is 2.59 bits per heavy atom. The zero-order chi connectivity index (χ0) is 12.3. The minimum atomic E-state index is 1.01. The topological polar surface area (TPSA) is 28.7 Å². The monoisotopic (exact) mass is 228 g/mol. The summed E-state index contributed by atoms with van der Waals surface area (Å²) in [7, 11) is 0. The third kappa shape index (κ3) is 3.19. The maximum absolute atomic E-state index is 4.22. The number of aryl methyl sites for hydroxylation is 5. The van der Waals surface area contributed by atoms with Gasteiger partial charge in [0.25, 0.3) is 0 Å². The van der Waals surface area contributed by atoms with Crippen molar-refractivity contribution in [1.29, 1.82) is 0 Å². The third-order valence-electron chi connectivity index (χ3n) is 3.15. The molecule has 1 aromatic heterocycles. The van der Waals surface area contributed by atoms with E-state index in [2.05, 4.69) is 42.0 Å². The van der Waals surface area contributed by atoms with E-state index in [1.807, 2.05) is 13.1 Å². The van der Waals surface area contributed by atoms with Crippen LogP contribution in [0.3, 0.4) is 0 Å². The molecule has 2 heteroatoms. The van der Waals surface area contributed by atoms with Crippen molar-refractivity contribution in [1.82, 2.24) is 9.97 Å². The Bertz CT molecular complexity index is 497. The normalized spacial score (nSPS) is 10.8. The number of hydrogen-bond acceptors (Lipinski definition) is 1. The number of nitrogens with zero attached hydrogens (tertiary/aromatic N) is 1. The van der Waals surface area contributed by atoms with Gasteiger partial charge in [-0.1, -0.05) is 23.8 Å². The Hall–Kier alpha value is -1.57. The average molecular weight is 228 g/mol. The van der Waals surface area contributed by atoms with E-state index in [-0.39, 0.29) is 0 Å². The molecule has 0 radical (unpaired) electrons. The minimum absolute atomic E-state index is 1.01. The lowest BCUT2D eigenvalue weighted by Crippen LogP contribution is -1.93. The van der Waals surface area contributed by atoms with Gasteiger partial charge in [-0.2, -0.15) is 0 Å². The minimum Gasteiger partial charge on any atom is -0.346 e. The molecule has 1 heterocycles. The number of aromatic amines is 1. The molecule has 0 spiro atoms. The first kappa shape index (κ1) is 11.9. The summed E-state index contributed by atoms with van der Waals surface area (Å²) < 4.78 is 0. The summed E-state index contributed by atoms with van der Waals surface area (Å²) in [5, 5.41) is 0. The van der Waals surface area contributed by atoms with Crippen LogP contribution in [0.1, 0.15) is 34.6 Å². The molecule has 2 rings (SSSR count). The average Bonchev–Trinajstić information content (AvgIpc) is 2.68. The van der Waals surface area contributed by atoms with Crippen LogP contribution >= 0.6 is 0 Å². The van der Waals surface area contributed by atoms with Crippen molar-refractivity contribution in [3.8, 4) is 0 Å². The number of benzene rings is 1. The molecule has 2 aromatic rings. The highest BCUT2D eigenvalue weighted by molar-refractivity contribution is 5.30. The van der Waals surface area contributed by atoms with Crippen LogP contribution in [0.5, 0.6) is 0 Å². The fourth-order valence-corrected chi connectivity index (χ4v) is 2.19. The molecule has 0 fully saturated rings. The summed E-state index contributed by atoms with van der Waals surface area (Å²) in [6.45, 7) is 6.33. The highest BCUT2D eigenvalue weighted by Gasteiger charge is 2.01. The van der Waals surface area contributed by atoms with Gasteiger partial charge in [0.15, 0.2) is 0 Å². The summed E-state index contributed by atoms with van der Waals surface area (Å²) in [5.41, 5.74) is 5.46. The number of hydrogen-bond donors (Lipinski definition) is 1. The number of rotatable bonds is 4. The summed E-state index contributed by atoms with van der Waals surface area (Å²) in [5.74, 6) is 1.01. The van der Waals surface area contributed by atoms with Gasteiger partial charge in [-0.05, 0) is 51.2 Å². The van der Waals surface area contributed by atoms with E-state index in [9.17, 15) is 0 Å². The van der Waals surface area contributed by atoms with Crippen LogP contribution in [-0.2, 0) is 12.8 Å². The van der Waals surface area contributed by atoms with Crippen molar-refractivity contribution in [2.75, 3.05) is 0 Å². The Kier molecular flexibility index (Phi) is 3.62. The molecule has 0 saturated heterocycles. The van der Waals surface area contributed by atoms with Gasteiger partial charge in [0.05, 0.1) is 0 Å². The molecule has 0 unspecified atom stereocenters. The summed E-state index contributed by atoms with van der Waals surface area (Å²) in [6.07, 6.45) is 5.33. The predicted molar refractivity (Wildman–Crippen MR) is 71.3 cm³/mol. The quantitative estimate of drug-likeness (QED) is 0.852. The lowest BCUT2D eigenvalue weighted by molar-refractivity contribution is 0.798. The van der Waals surface area contributed by atoms with E-state index in [1.54, 1.807) is 0 Å². The number of nitrogens with one attached hydrogen (secondary N) is 1. The van der Waals surface area contributed by atoms with Crippen molar-refractivity contribution in [2.45, 2.75) is 40.0 Å². The predicted octanol–water partition coefficient (Wildman–Crippen LogP) is 3.51. The molecule has 0 atom stereocenters. The van der Waals surface area contributed by atoms with Crippen LogP contribution in [0.25, 0.3) is 0 Å². The summed E-state index contributed by atoms with van der Waals surface area (Å²) >= 11 is 0. The van der Waals surface area contributed by atoms with Crippen LogP contribution < -0.4 is 0 Å². The molecule has 1 aromatic carbocycles. The van der Waals surface area contributed by atoms with Crippen molar-refractivity contribution in [3.63, 3.8) is 0 Å². The van der Waals surface area contributed by atoms with E-state index >= 15 is 0 Å². The van der Waals surface area contributed by atoms with Gasteiger partial charge in [-0.25, -0.2) is 4.98 Å². The zero-order valence-electron chi connectivity index (χ0n) is 10.9. The lowest BCUT2D eigenvalue weighted by Gasteiger charge is -2.06. The van der Waals surface area contributed by atoms with E-state index < -0.39 is 0 Å². The number of imidazole rings is 1. The molecular weight excluding hydrogens is 208 g/mol. The maximum Gasteiger partial charge on any atom is 0.103 e. The van der Waals surface area contributed by atoms with Gasteiger partial charge in [-0.3, -0.25) is 0 Å². The molecule has 0 amide bonds. The molecule has 2 nitrogen and oxygen atoms in total. The smallest absolute Gasteiger partial charge is 0.103 e. The van der Waals surface area contributed by atoms with E-state index in [0.29, 0.717) is 0 Å². The summed E-state index contributed by atoms with van der Waals surface area (Å²) in [4.78, 5) is 7.49. The first-order chi connectivity index (χ1) is 8.15. The highest BCUT2D eigenvalue weighted by Crippen LogP contribution is 2.13. The second-order valence-electron chi connectivity index (χ2n) is 4.78. The molecule has 0 saturated carbocycles. The first-order valence-corrected chi connectivity index (χ1v) is 6.22. The molecule has 1 N–H and O–H groups in total. The van der Waals surface area contributed by atoms with Crippen molar-refractivity contribution in [2.24, 2.45) is 0 Å². The van der Waals surface area contributed by atoms with E-state index in [4.69, 9.17) is 0 Å². The van der Waals surface area contributed by atoms with Crippen molar-refractivity contribution in [3.05, 3.63) is 52.6 Å². The van der Waals surface area contributed by atoms with Crippen molar-refractivity contribution >= 4 is 0 Å². The summed E-state index contributed by atoms with van der Waals surface area (Å²) in [6, 6.07) is 6.71. The van der Waals surface area contributed by atoms with Gasteiger partial charge in [0.1, 0.15) is 5.82 Å². The molecule has 17 heavy (non-hydrogen) atoms. The number of aromatic nitrogens is 2. The van der Waals surface area contributed by atoms with E-state index in [0.717, 1.165) is 18.7 Å². The molecule has 0 aliphatic carbocycles. The van der Waals surface area contributed by atoms with Gasteiger partial charge >= 0.3 is 0 Å². The van der Waals surface area contributed by atoms with Crippen LogP contribution in [0.2, 0.25) is 0 Å². The standard InChI is InChI=1S/C15H20N2/c1-11-7-8-14(12(2)9-11)5-4-6-15-10-16-13(3)17-15/h7-10H,4-6H2,1-3H3,(H,16,17). The van der Waals surface area contributed by atoms with Gasteiger partial charge in [0, 0.05) is 11.9 Å². The Morgan fingerprint density at radius 1 is 1.12 bits per heavy atom. The Balaban J connectivity index is 1.90. The molecule has 0 bridgehead atoms. The Morgan fingerprint density at radius 2 is 1.94 bits per heavy atom.